The Kier molecular flexibility index (Phi) is 8.34. The summed E-state index contributed by atoms with van der Waals surface area (Å²) in [5.41, 5.74) is 5.24. The summed E-state index contributed by atoms with van der Waals surface area (Å²) >= 11 is 3.47. The Labute approximate surface area is 151 Å². The Morgan fingerprint density at radius 3 is 2.96 bits per heavy atom. The third kappa shape index (κ3) is 7.06. The summed E-state index contributed by atoms with van der Waals surface area (Å²) in [6.07, 6.45) is 4.88. The Morgan fingerprint density at radius 2 is 2.33 bits per heavy atom. The van der Waals surface area contributed by atoms with E-state index in [2.05, 4.69) is 25.5 Å². The van der Waals surface area contributed by atoms with Crippen molar-refractivity contribution in [2.45, 2.75) is 29.6 Å². The average molecular weight is 371 g/mol. The van der Waals surface area contributed by atoms with E-state index < -0.39 is 0 Å². The van der Waals surface area contributed by atoms with Gasteiger partial charge in [0.1, 0.15) is 4.34 Å². The smallest absolute Gasteiger partial charge is 0.231 e. The van der Waals surface area contributed by atoms with Gasteiger partial charge in [-0.2, -0.15) is 0 Å². The number of primary amides is 1. The van der Waals surface area contributed by atoms with Gasteiger partial charge in [-0.1, -0.05) is 11.8 Å². The standard InChI is InChI=1S/C15H26N6OS2/c1-17-14(18-5-2-9-23-15-19-6-10-24-15)20-12-3-7-21(8-4-12)11-13(16)22/h6,10,12H,2-5,7-9,11H2,1H3,(H2,16,22)(H2,17,18,20). The number of amides is 1. The Balaban J connectivity index is 1.58. The summed E-state index contributed by atoms with van der Waals surface area (Å²) in [6.45, 7) is 3.03. The highest BCUT2D eigenvalue weighted by atomic mass is 32.2. The molecule has 0 saturated carbocycles. The molecule has 9 heteroatoms. The summed E-state index contributed by atoms with van der Waals surface area (Å²) in [5, 5.41) is 8.83. The van der Waals surface area contributed by atoms with E-state index in [1.165, 1.54) is 0 Å². The molecule has 134 valence electrons. The molecule has 1 aromatic heterocycles. The zero-order chi connectivity index (χ0) is 17.2. The van der Waals surface area contributed by atoms with E-state index in [-0.39, 0.29) is 5.91 Å². The van der Waals surface area contributed by atoms with E-state index in [9.17, 15) is 4.79 Å². The Hall–Kier alpha value is -1.32. The molecule has 0 aliphatic carbocycles. The van der Waals surface area contributed by atoms with E-state index in [1.54, 1.807) is 30.1 Å². The molecule has 1 aromatic rings. The number of nitrogens with one attached hydrogen (secondary N) is 2. The monoisotopic (exact) mass is 370 g/mol. The van der Waals surface area contributed by atoms with Gasteiger partial charge in [0.15, 0.2) is 5.96 Å². The topological polar surface area (TPSA) is 95.6 Å². The number of likely N-dealkylation sites (tertiary alicyclic amines) is 1. The highest BCUT2D eigenvalue weighted by Crippen LogP contribution is 2.20. The fourth-order valence-electron chi connectivity index (χ4n) is 2.56. The molecule has 0 radical (unpaired) electrons. The van der Waals surface area contributed by atoms with E-state index in [4.69, 9.17) is 5.73 Å². The Morgan fingerprint density at radius 1 is 1.54 bits per heavy atom. The van der Waals surface area contributed by atoms with Crippen LogP contribution in [-0.2, 0) is 4.79 Å². The van der Waals surface area contributed by atoms with Gasteiger partial charge in [-0.25, -0.2) is 4.98 Å². The minimum absolute atomic E-state index is 0.255. The van der Waals surface area contributed by atoms with Crippen LogP contribution in [0.4, 0.5) is 0 Å². The second-order valence-electron chi connectivity index (χ2n) is 5.66. The van der Waals surface area contributed by atoms with Crippen LogP contribution in [0.5, 0.6) is 0 Å². The molecule has 7 nitrogen and oxygen atoms in total. The minimum Gasteiger partial charge on any atom is -0.369 e. The lowest BCUT2D eigenvalue weighted by atomic mass is 10.1. The van der Waals surface area contributed by atoms with Crippen LogP contribution in [0.25, 0.3) is 0 Å². The van der Waals surface area contributed by atoms with Gasteiger partial charge in [-0.05, 0) is 19.3 Å². The molecule has 1 aliphatic rings. The maximum atomic E-state index is 11.0. The largest absolute Gasteiger partial charge is 0.369 e. The van der Waals surface area contributed by atoms with Crippen molar-refractivity contribution >= 4 is 35.0 Å². The molecular formula is C15H26N6OS2. The number of guanidine groups is 1. The van der Waals surface area contributed by atoms with Gasteiger partial charge in [-0.3, -0.25) is 14.7 Å². The number of carbonyl (C=O) groups is 1. The fraction of sp³-hybridized carbons (Fsp3) is 0.667. The predicted octanol–water partition coefficient (Wildman–Crippen LogP) is 0.740. The molecule has 0 spiro atoms. The molecule has 2 heterocycles. The summed E-state index contributed by atoms with van der Waals surface area (Å²) in [6, 6.07) is 0.394. The van der Waals surface area contributed by atoms with Gasteiger partial charge in [0.05, 0.1) is 6.54 Å². The van der Waals surface area contributed by atoms with Crippen LogP contribution >= 0.6 is 23.1 Å². The number of aliphatic imine (C=N–C) groups is 1. The summed E-state index contributed by atoms with van der Waals surface area (Å²) in [5.74, 6) is 1.64. The number of rotatable bonds is 8. The number of carbonyl (C=O) groups excluding carboxylic acids is 1. The number of hydrogen-bond acceptors (Lipinski definition) is 6. The average Bonchev–Trinajstić information content (AvgIpc) is 3.08. The van der Waals surface area contributed by atoms with Crippen molar-refractivity contribution in [3.05, 3.63) is 11.6 Å². The normalized spacial score (nSPS) is 17.0. The molecule has 24 heavy (non-hydrogen) atoms. The van der Waals surface area contributed by atoms with Crippen LogP contribution in [-0.4, -0.2) is 66.8 Å². The van der Waals surface area contributed by atoms with E-state index >= 15 is 0 Å². The van der Waals surface area contributed by atoms with E-state index in [1.807, 2.05) is 11.6 Å². The highest BCUT2D eigenvalue weighted by Gasteiger charge is 2.20. The van der Waals surface area contributed by atoms with Crippen molar-refractivity contribution in [3.8, 4) is 0 Å². The molecule has 0 aromatic carbocycles. The van der Waals surface area contributed by atoms with Crippen molar-refractivity contribution in [2.24, 2.45) is 10.7 Å². The van der Waals surface area contributed by atoms with Gasteiger partial charge in [-0.15, -0.1) is 11.3 Å². The molecule has 1 fully saturated rings. The quantitative estimate of drug-likeness (QED) is 0.270. The number of thiazole rings is 1. The number of nitrogens with zero attached hydrogens (tertiary/aromatic N) is 3. The number of nitrogens with two attached hydrogens (primary N) is 1. The van der Waals surface area contributed by atoms with E-state index in [0.717, 1.165) is 54.9 Å². The lowest BCUT2D eigenvalue weighted by Crippen LogP contribution is -2.49. The Bertz CT molecular complexity index is 514. The SMILES string of the molecule is CN=C(NCCCSc1nccs1)NC1CCN(CC(N)=O)CC1. The van der Waals surface area contributed by atoms with Crippen LogP contribution in [0.15, 0.2) is 20.9 Å². The van der Waals surface area contributed by atoms with E-state index in [0.29, 0.717) is 12.6 Å². The molecule has 0 unspecified atom stereocenters. The van der Waals surface area contributed by atoms with Crippen LogP contribution < -0.4 is 16.4 Å². The van der Waals surface area contributed by atoms with Crippen LogP contribution in [0.2, 0.25) is 0 Å². The van der Waals surface area contributed by atoms with Crippen LogP contribution in [0.1, 0.15) is 19.3 Å². The molecule has 1 saturated heterocycles. The maximum absolute atomic E-state index is 11.0. The van der Waals surface area contributed by atoms with Crippen molar-refractivity contribution in [1.82, 2.24) is 20.5 Å². The van der Waals surface area contributed by atoms with Crippen LogP contribution in [0, 0.1) is 0 Å². The van der Waals surface area contributed by atoms with Gasteiger partial charge >= 0.3 is 0 Å². The van der Waals surface area contributed by atoms with Gasteiger partial charge < -0.3 is 16.4 Å². The molecule has 0 atom stereocenters. The molecule has 4 N–H and O–H groups in total. The minimum atomic E-state index is -0.255. The lowest BCUT2D eigenvalue weighted by Gasteiger charge is -2.32. The first-order chi connectivity index (χ1) is 11.7. The number of piperidine rings is 1. The van der Waals surface area contributed by atoms with Crippen molar-refractivity contribution < 1.29 is 4.79 Å². The van der Waals surface area contributed by atoms with Gasteiger partial charge in [0.25, 0.3) is 0 Å². The summed E-state index contributed by atoms with van der Waals surface area (Å²) in [4.78, 5) is 21.6. The first-order valence-corrected chi connectivity index (χ1v) is 10.0. The van der Waals surface area contributed by atoms with Crippen molar-refractivity contribution in [2.75, 3.05) is 39.0 Å². The fourth-order valence-corrected chi connectivity index (χ4v) is 4.21. The molecular weight excluding hydrogens is 344 g/mol. The number of hydrogen-bond donors (Lipinski definition) is 3. The zero-order valence-corrected chi connectivity index (χ0v) is 15.7. The van der Waals surface area contributed by atoms with Gasteiger partial charge in [0.2, 0.25) is 5.91 Å². The second kappa shape index (κ2) is 10.5. The number of thioether (sulfide) groups is 1. The first kappa shape index (κ1) is 19.0. The molecule has 1 aliphatic heterocycles. The second-order valence-corrected chi connectivity index (χ2v) is 7.90. The maximum Gasteiger partial charge on any atom is 0.231 e. The molecule has 2 rings (SSSR count). The third-order valence-electron chi connectivity index (χ3n) is 3.78. The zero-order valence-electron chi connectivity index (χ0n) is 14.0. The van der Waals surface area contributed by atoms with Crippen molar-refractivity contribution in [3.63, 3.8) is 0 Å². The lowest BCUT2D eigenvalue weighted by molar-refractivity contribution is -0.119. The number of aromatic nitrogens is 1. The summed E-state index contributed by atoms with van der Waals surface area (Å²) < 4.78 is 1.13. The summed E-state index contributed by atoms with van der Waals surface area (Å²) in [7, 11) is 1.79. The highest BCUT2D eigenvalue weighted by molar-refractivity contribution is 8.00. The molecule has 0 bridgehead atoms. The molecule has 1 amide bonds. The third-order valence-corrected chi connectivity index (χ3v) is 5.83. The van der Waals surface area contributed by atoms with Gasteiger partial charge in [0, 0.05) is 50.1 Å². The van der Waals surface area contributed by atoms with Crippen LogP contribution in [0.3, 0.4) is 0 Å². The predicted molar refractivity (Wildman–Crippen MR) is 101 cm³/mol. The van der Waals surface area contributed by atoms with Crippen molar-refractivity contribution in [1.29, 1.82) is 0 Å². The first-order valence-electron chi connectivity index (χ1n) is 8.17.